The molecule has 0 bridgehead atoms. The van der Waals surface area contributed by atoms with Crippen LogP contribution >= 0.6 is 0 Å². The van der Waals surface area contributed by atoms with Gasteiger partial charge in [-0.05, 0) is 69.6 Å². The molecule has 398 valence electrons. The van der Waals surface area contributed by atoms with Gasteiger partial charge in [0.15, 0.2) is 11.9 Å². The normalized spacial score (nSPS) is 15.0. The second-order valence-corrected chi connectivity index (χ2v) is 18.1. The van der Waals surface area contributed by atoms with Crippen molar-refractivity contribution >= 4 is 71.1 Å². The monoisotopic (exact) mass is 999 g/mol. The van der Waals surface area contributed by atoms with Crippen LogP contribution in [-0.2, 0) is 47.9 Å². The van der Waals surface area contributed by atoms with E-state index in [1.807, 2.05) is 13.8 Å². The van der Waals surface area contributed by atoms with Crippen LogP contribution in [0.2, 0.25) is 0 Å². The largest absolute Gasteiger partial charge is 0.480 e. The topological polar surface area (TPSA) is 497 Å². The van der Waals surface area contributed by atoms with Gasteiger partial charge in [-0.25, -0.2) is 4.79 Å². The van der Waals surface area contributed by atoms with Gasteiger partial charge in [0, 0.05) is 19.5 Å². The van der Waals surface area contributed by atoms with Crippen LogP contribution in [0.15, 0.2) is 0 Å². The van der Waals surface area contributed by atoms with Crippen molar-refractivity contribution in [3.8, 4) is 0 Å². The molecule has 0 aromatic rings. The zero-order valence-electron chi connectivity index (χ0n) is 41.1. The Morgan fingerprint density at radius 2 is 0.886 bits per heavy atom. The predicted octanol–water partition coefficient (Wildman–Crippen LogP) is -5.41. The Balaban J connectivity index is 6.56. The molecule has 70 heavy (non-hydrogen) atoms. The summed E-state index contributed by atoms with van der Waals surface area (Å²) in [4.78, 5) is 131. The number of nitrogens with two attached hydrogens (primary N) is 5. The van der Waals surface area contributed by atoms with Gasteiger partial charge in [0.1, 0.15) is 42.3 Å². The predicted molar refractivity (Wildman–Crippen MR) is 255 cm³/mol. The Hall–Kier alpha value is -6.84. The maximum atomic E-state index is 13.9. The van der Waals surface area contributed by atoms with Crippen LogP contribution in [0.5, 0.6) is 0 Å². The van der Waals surface area contributed by atoms with Gasteiger partial charge in [0.05, 0.1) is 18.6 Å². The average molecular weight is 999 g/mol. The number of hydrogen-bond acceptors (Lipinski definition) is 14. The van der Waals surface area contributed by atoms with E-state index in [1.54, 1.807) is 27.7 Å². The Morgan fingerprint density at radius 3 is 1.33 bits per heavy atom. The molecule has 0 radical (unpaired) electrons. The maximum absolute atomic E-state index is 13.9. The fourth-order valence-corrected chi connectivity index (χ4v) is 6.66. The Bertz CT molecular complexity index is 1830. The number of primary amides is 2. The van der Waals surface area contributed by atoms with Crippen LogP contribution in [0.1, 0.15) is 106 Å². The second kappa shape index (κ2) is 32.1. The standard InChI is InChI=1S/C42H78N16O12/c1-19(2)16-23(43)33(62)55-28(18-30(45)61)36(65)56-27(17-20(3)4)37(66)57-31(21(5)6)38(67)58-32(22(7)59)39(68)53-24(10-8-14-50-41(46)47)34(63)52-25(12-13-29(44)60)35(64)54-26(40(69)70)11-9-15-51-42(48)49/h19-28,31-32,59H,8-18,43H2,1-7H3,(H2,44,60)(H2,45,61)(H,52,63)(H,53,68)(H,54,64)(H,55,62)(H,56,65)(H,57,66)(H,58,67)(H,69,70)(H4,46,47,50)(H4,48,49,51)/t22-,23+,24+,25+,26+,27+,28+,31+,32+/m1/s1. The molecule has 0 heterocycles. The van der Waals surface area contributed by atoms with Gasteiger partial charge in [-0.3, -0.25) is 54.0 Å². The van der Waals surface area contributed by atoms with Crippen molar-refractivity contribution in [2.45, 2.75) is 161 Å². The molecule has 0 saturated carbocycles. The minimum Gasteiger partial charge on any atom is -0.480 e. The lowest BCUT2D eigenvalue weighted by molar-refractivity contribution is -0.142. The summed E-state index contributed by atoms with van der Waals surface area (Å²) >= 11 is 0. The summed E-state index contributed by atoms with van der Waals surface area (Å²) in [5, 5.41) is 57.3. The van der Waals surface area contributed by atoms with E-state index in [4.69, 9.17) is 39.5 Å². The number of carbonyl (C=O) groups is 10. The number of rotatable bonds is 34. The van der Waals surface area contributed by atoms with Crippen molar-refractivity contribution < 1.29 is 58.2 Å². The maximum Gasteiger partial charge on any atom is 0.326 e. The van der Waals surface area contributed by atoms with Crippen molar-refractivity contribution in [2.24, 2.45) is 46.4 Å². The molecule has 28 nitrogen and oxygen atoms in total. The summed E-state index contributed by atoms with van der Waals surface area (Å²) in [5.41, 5.74) is 27.3. The van der Waals surface area contributed by atoms with Gasteiger partial charge >= 0.3 is 5.97 Å². The van der Waals surface area contributed by atoms with Crippen molar-refractivity contribution in [3.63, 3.8) is 0 Å². The molecule has 0 spiro atoms. The molecule has 9 amide bonds. The van der Waals surface area contributed by atoms with E-state index in [-0.39, 0.29) is 69.4 Å². The van der Waals surface area contributed by atoms with Gasteiger partial charge in [0.25, 0.3) is 0 Å². The van der Waals surface area contributed by atoms with E-state index in [0.29, 0.717) is 0 Å². The van der Waals surface area contributed by atoms with Crippen LogP contribution in [-0.4, -0.2) is 149 Å². The molecule has 0 rings (SSSR count). The number of aliphatic hydroxyl groups is 1. The summed E-state index contributed by atoms with van der Waals surface area (Å²) in [6.45, 7) is 11.6. The number of carboxylic acids is 1. The molecule has 0 aliphatic rings. The van der Waals surface area contributed by atoms with Gasteiger partial charge < -0.3 is 86.7 Å². The molecular weight excluding hydrogens is 921 g/mol. The summed E-state index contributed by atoms with van der Waals surface area (Å²) in [7, 11) is 0. The van der Waals surface area contributed by atoms with E-state index in [0.717, 1.165) is 6.92 Å². The minimum absolute atomic E-state index is 0.0172. The first-order valence-electron chi connectivity index (χ1n) is 23.0. The third-order valence-electron chi connectivity index (χ3n) is 10.3. The van der Waals surface area contributed by atoms with E-state index < -0.39 is 145 Å². The first-order valence-corrected chi connectivity index (χ1v) is 23.0. The number of hydrogen-bond donors (Lipinski definition) is 18. The highest BCUT2D eigenvalue weighted by Crippen LogP contribution is 2.12. The number of carbonyl (C=O) groups excluding carboxylic acids is 9. The zero-order valence-corrected chi connectivity index (χ0v) is 41.1. The summed E-state index contributed by atoms with van der Waals surface area (Å²) in [5.74, 6) is -11.5. The van der Waals surface area contributed by atoms with E-state index in [9.17, 15) is 58.2 Å². The van der Waals surface area contributed by atoms with Crippen LogP contribution in [0, 0.1) is 28.6 Å². The van der Waals surface area contributed by atoms with Crippen LogP contribution < -0.4 is 76.5 Å². The summed E-state index contributed by atoms with van der Waals surface area (Å²) in [6.07, 6.45) is -2.93. The highest BCUT2D eigenvalue weighted by Gasteiger charge is 2.37. The number of nitrogens with one attached hydrogen (secondary N) is 11. The highest BCUT2D eigenvalue weighted by atomic mass is 16.4. The fourth-order valence-electron chi connectivity index (χ4n) is 6.66. The highest BCUT2D eigenvalue weighted by molar-refractivity contribution is 5.98. The van der Waals surface area contributed by atoms with E-state index in [2.05, 4.69) is 47.9 Å². The van der Waals surface area contributed by atoms with Crippen molar-refractivity contribution in [3.05, 3.63) is 0 Å². The number of aliphatic hydroxyl groups excluding tert-OH is 1. The summed E-state index contributed by atoms with van der Waals surface area (Å²) in [6, 6.07) is -11.6. The number of carboxylic acid groups (broad SMARTS) is 1. The van der Waals surface area contributed by atoms with Gasteiger partial charge in [0.2, 0.25) is 53.2 Å². The number of guanidine groups is 2. The Kier molecular flexibility index (Phi) is 28.9. The quantitative estimate of drug-likeness (QED) is 0.0163. The van der Waals surface area contributed by atoms with E-state index >= 15 is 0 Å². The molecule has 0 unspecified atom stereocenters. The lowest BCUT2D eigenvalue weighted by Crippen LogP contribution is -2.62. The molecule has 0 fully saturated rings. The van der Waals surface area contributed by atoms with Crippen molar-refractivity contribution in [1.29, 1.82) is 10.8 Å². The average Bonchev–Trinajstić information content (AvgIpc) is 3.23. The van der Waals surface area contributed by atoms with Crippen LogP contribution in [0.3, 0.4) is 0 Å². The van der Waals surface area contributed by atoms with Crippen LogP contribution in [0.4, 0.5) is 0 Å². The molecule has 0 aromatic carbocycles. The van der Waals surface area contributed by atoms with Crippen molar-refractivity contribution in [2.75, 3.05) is 13.1 Å². The van der Waals surface area contributed by atoms with Gasteiger partial charge in [-0.2, -0.15) is 0 Å². The van der Waals surface area contributed by atoms with Crippen LogP contribution in [0.25, 0.3) is 0 Å². The SMILES string of the molecule is CC(C)C[C@H](NC(=O)[C@H](CC(N)=O)NC(=O)[C@@H](N)CC(C)C)C(=O)N[C@H](C(=O)N[C@H](C(=O)N[C@@H](CCCNC(=N)N)C(=O)N[C@@H](CCC(N)=O)C(=O)N[C@@H](CCCNC(=N)N)C(=O)O)[C@@H](C)O)C(C)C. The molecule has 0 saturated heterocycles. The first kappa shape index (κ1) is 63.2. The molecular formula is C42H78N16O12. The molecule has 0 aromatic heterocycles. The Morgan fingerprint density at radius 1 is 0.486 bits per heavy atom. The second-order valence-electron chi connectivity index (χ2n) is 18.1. The first-order chi connectivity index (χ1) is 32.5. The third kappa shape index (κ3) is 26.1. The van der Waals surface area contributed by atoms with E-state index in [1.165, 1.54) is 0 Å². The summed E-state index contributed by atoms with van der Waals surface area (Å²) < 4.78 is 0. The lowest BCUT2D eigenvalue weighted by Gasteiger charge is -2.30. The molecule has 0 aliphatic carbocycles. The fraction of sp³-hybridized carbons (Fsp3) is 0.714. The number of amides is 9. The smallest absolute Gasteiger partial charge is 0.326 e. The van der Waals surface area contributed by atoms with Gasteiger partial charge in [-0.1, -0.05) is 41.5 Å². The van der Waals surface area contributed by atoms with Gasteiger partial charge in [-0.15, -0.1) is 0 Å². The third-order valence-corrected chi connectivity index (χ3v) is 10.3. The van der Waals surface area contributed by atoms with Crippen molar-refractivity contribution in [1.82, 2.24) is 47.9 Å². The lowest BCUT2D eigenvalue weighted by atomic mass is 9.98. The Labute approximate surface area is 407 Å². The number of aliphatic carboxylic acids is 1. The minimum atomic E-state index is -1.79. The molecule has 0 aliphatic heterocycles. The molecule has 9 atom stereocenters. The molecule has 23 N–H and O–H groups in total. The zero-order chi connectivity index (χ0) is 54.0. The molecule has 28 heteroatoms.